The van der Waals surface area contributed by atoms with Gasteiger partial charge < -0.3 is 23.8 Å². The lowest BCUT2D eigenvalue weighted by molar-refractivity contribution is 0.213. The highest BCUT2D eigenvalue weighted by atomic mass is 16.6. The van der Waals surface area contributed by atoms with Crippen molar-refractivity contribution < 1.29 is 23.8 Å². The predicted octanol–water partition coefficient (Wildman–Crippen LogP) is 5.79. The summed E-state index contributed by atoms with van der Waals surface area (Å²) in [5.41, 5.74) is 4.68. The molecule has 0 aliphatic rings. The molecule has 0 unspecified atom stereocenters. The average molecular weight is 442 g/mol. The van der Waals surface area contributed by atoms with Crippen LogP contribution in [-0.4, -0.2) is 39.8 Å². The Morgan fingerprint density at radius 1 is 0.938 bits per heavy atom. The van der Waals surface area contributed by atoms with Crippen molar-refractivity contribution in [3.05, 3.63) is 58.7 Å². The molecule has 0 aliphatic carbocycles. The van der Waals surface area contributed by atoms with Crippen LogP contribution in [0.3, 0.4) is 0 Å². The number of benzene rings is 2. The summed E-state index contributed by atoms with van der Waals surface area (Å²) in [6, 6.07) is 7.88. The van der Waals surface area contributed by atoms with Gasteiger partial charge in [-0.05, 0) is 70.0 Å². The molecule has 32 heavy (non-hydrogen) atoms. The van der Waals surface area contributed by atoms with E-state index in [-0.39, 0.29) is 0 Å². The second-order valence-corrected chi connectivity index (χ2v) is 7.45. The monoisotopic (exact) mass is 441 g/mol. The zero-order valence-electron chi connectivity index (χ0n) is 20.3. The molecule has 0 aliphatic heterocycles. The largest absolute Gasteiger partial charge is 0.496 e. The van der Waals surface area contributed by atoms with Gasteiger partial charge in [0.1, 0.15) is 36.7 Å². The van der Waals surface area contributed by atoms with Crippen LogP contribution in [0.15, 0.2) is 41.6 Å². The Balaban J connectivity index is 1.92. The number of rotatable bonds is 12. The Morgan fingerprint density at radius 3 is 2.25 bits per heavy atom. The molecule has 6 heteroatoms. The zero-order chi connectivity index (χ0) is 23.5. The Kier molecular flexibility index (Phi) is 9.92. The number of ether oxygens (including phenoxy) is 4. The van der Waals surface area contributed by atoms with Crippen LogP contribution >= 0.6 is 0 Å². The number of oxime groups is 1. The maximum absolute atomic E-state index is 6.03. The van der Waals surface area contributed by atoms with Gasteiger partial charge in [-0.15, -0.1) is 0 Å². The standard InChI is InChI=1S/C26H35NO5/c1-8-9-13-30-22-16-18(2)25(19(3)17-22)32-15-10-14-31-24-12-11-23(21(5)27-29-7)26(28-6)20(24)4/h8-9,11-12,16-17H,10,13-15H2,1-7H3/b9-8+,27-21?. The zero-order valence-corrected chi connectivity index (χ0v) is 20.3. The van der Waals surface area contributed by atoms with Gasteiger partial charge in [0.25, 0.3) is 0 Å². The highest BCUT2D eigenvalue weighted by Gasteiger charge is 2.14. The van der Waals surface area contributed by atoms with Crippen LogP contribution < -0.4 is 18.9 Å². The summed E-state index contributed by atoms with van der Waals surface area (Å²) in [6.07, 6.45) is 4.71. The van der Waals surface area contributed by atoms with Crippen molar-refractivity contribution in [1.82, 2.24) is 0 Å². The summed E-state index contributed by atoms with van der Waals surface area (Å²) in [6.45, 7) is 11.6. The summed E-state index contributed by atoms with van der Waals surface area (Å²) in [4.78, 5) is 4.88. The first-order chi connectivity index (χ1) is 15.4. The maximum atomic E-state index is 6.03. The van der Waals surface area contributed by atoms with Crippen molar-refractivity contribution in [1.29, 1.82) is 0 Å². The van der Waals surface area contributed by atoms with Gasteiger partial charge >= 0.3 is 0 Å². The second-order valence-electron chi connectivity index (χ2n) is 7.45. The molecule has 0 radical (unpaired) electrons. The van der Waals surface area contributed by atoms with Crippen LogP contribution in [0, 0.1) is 20.8 Å². The van der Waals surface area contributed by atoms with Crippen LogP contribution in [0.5, 0.6) is 23.0 Å². The highest BCUT2D eigenvalue weighted by molar-refractivity contribution is 6.01. The van der Waals surface area contributed by atoms with Crippen LogP contribution in [-0.2, 0) is 4.84 Å². The van der Waals surface area contributed by atoms with E-state index in [4.69, 9.17) is 23.8 Å². The minimum Gasteiger partial charge on any atom is -0.496 e. The Hall–Kier alpha value is -3.15. The molecule has 0 heterocycles. The Morgan fingerprint density at radius 2 is 1.62 bits per heavy atom. The molecule has 6 nitrogen and oxygen atoms in total. The lowest BCUT2D eigenvalue weighted by Gasteiger charge is -2.16. The van der Waals surface area contributed by atoms with E-state index in [2.05, 4.69) is 5.16 Å². The van der Waals surface area contributed by atoms with Crippen molar-refractivity contribution in [3.8, 4) is 23.0 Å². The third-order valence-corrected chi connectivity index (χ3v) is 4.99. The number of allylic oxidation sites excluding steroid dienone is 1. The second kappa shape index (κ2) is 12.6. The van der Waals surface area contributed by atoms with E-state index in [0.29, 0.717) is 19.8 Å². The fourth-order valence-electron chi connectivity index (χ4n) is 3.44. The molecule has 2 aromatic carbocycles. The molecule has 0 N–H and O–H groups in total. The average Bonchev–Trinajstić information content (AvgIpc) is 2.76. The molecule has 0 spiro atoms. The molecule has 0 saturated carbocycles. The van der Waals surface area contributed by atoms with Gasteiger partial charge in [0.2, 0.25) is 0 Å². The van der Waals surface area contributed by atoms with Gasteiger partial charge in [-0.1, -0.05) is 17.3 Å². The summed E-state index contributed by atoms with van der Waals surface area (Å²) in [5, 5.41) is 4.00. The highest BCUT2D eigenvalue weighted by Crippen LogP contribution is 2.32. The first kappa shape index (κ1) is 25.1. The topological polar surface area (TPSA) is 58.5 Å². The Bertz CT molecular complexity index is 926. The van der Waals surface area contributed by atoms with Crippen molar-refractivity contribution in [2.24, 2.45) is 5.16 Å². The molecule has 0 atom stereocenters. The SMILES string of the molecule is C/C=C/COc1cc(C)c(OCCCOc2ccc(C(C)=NOC)c(OC)c2C)c(C)c1. The summed E-state index contributed by atoms with van der Waals surface area (Å²) in [5.74, 6) is 3.27. The summed E-state index contributed by atoms with van der Waals surface area (Å²) >= 11 is 0. The van der Waals surface area contributed by atoms with Gasteiger partial charge in [-0.2, -0.15) is 0 Å². The van der Waals surface area contributed by atoms with Gasteiger partial charge in [-0.3, -0.25) is 0 Å². The van der Waals surface area contributed by atoms with Crippen molar-refractivity contribution in [2.45, 2.75) is 41.0 Å². The molecule has 2 aromatic rings. The first-order valence-electron chi connectivity index (χ1n) is 10.8. The normalized spacial score (nSPS) is 11.5. The van der Waals surface area contributed by atoms with Crippen molar-refractivity contribution in [3.63, 3.8) is 0 Å². The minimum absolute atomic E-state index is 0.539. The molecule has 0 amide bonds. The Labute approximate surface area is 191 Å². The quantitative estimate of drug-likeness (QED) is 0.180. The maximum Gasteiger partial charge on any atom is 0.134 e. The van der Waals surface area contributed by atoms with Crippen molar-refractivity contribution >= 4 is 5.71 Å². The van der Waals surface area contributed by atoms with Crippen LogP contribution in [0.2, 0.25) is 0 Å². The third kappa shape index (κ3) is 6.67. The van der Waals surface area contributed by atoms with E-state index >= 15 is 0 Å². The van der Waals surface area contributed by atoms with E-state index in [0.717, 1.165) is 57.4 Å². The first-order valence-corrected chi connectivity index (χ1v) is 10.8. The number of methoxy groups -OCH3 is 1. The molecule has 0 fully saturated rings. The van der Waals surface area contributed by atoms with E-state index in [1.165, 1.54) is 7.11 Å². The fourth-order valence-corrected chi connectivity index (χ4v) is 3.44. The molecule has 0 aromatic heterocycles. The molecular formula is C26H35NO5. The molecule has 174 valence electrons. The van der Waals surface area contributed by atoms with E-state index < -0.39 is 0 Å². The fraction of sp³-hybridized carbons (Fsp3) is 0.423. The molecule has 0 bridgehead atoms. The van der Waals surface area contributed by atoms with Crippen LogP contribution in [0.1, 0.15) is 42.5 Å². The van der Waals surface area contributed by atoms with E-state index in [9.17, 15) is 0 Å². The predicted molar refractivity (Wildman–Crippen MR) is 129 cm³/mol. The number of nitrogens with zero attached hydrogens (tertiary/aromatic N) is 1. The smallest absolute Gasteiger partial charge is 0.134 e. The molecule has 2 rings (SSSR count). The number of hydrogen-bond donors (Lipinski definition) is 0. The van der Waals surface area contributed by atoms with Gasteiger partial charge in [0.05, 0.1) is 26.0 Å². The van der Waals surface area contributed by atoms with Gasteiger partial charge in [-0.25, -0.2) is 0 Å². The van der Waals surface area contributed by atoms with Crippen LogP contribution in [0.4, 0.5) is 0 Å². The van der Waals surface area contributed by atoms with E-state index in [1.54, 1.807) is 7.11 Å². The van der Waals surface area contributed by atoms with Crippen LogP contribution in [0.25, 0.3) is 0 Å². The number of hydrogen-bond acceptors (Lipinski definition) is 6. The summed E-state index contributed by atoms with van der Waals surface area (Å²) < 4.78 is 23.3. The molecule has 0 saturated heterocycles. The van der Waals surface area contributed by atoms with Crippen molar-refractivity contribution in [2.75, 3.05) is 34.0 Å². The number of aryl methyl sites for hydroxylation is 2. The van der Waals surface area contributed by atoms with Gasteiger partial charge in [0.15, 0.2) is 0 Å². The lowest BCUT2D eigenvalue weighted by Crippen LogP contribution is -2.08. The third-order valence-electron chi connectivity index (χ3n) is 4.99. The van der Waals surface area contributed by atoms with E-state index in [1.807, 2.05) is 71.0 Å². The molecular weight excluding hydrogens is 406 g/mol. The van der Waals surface area contributed by atoms with Gasteiger partial charge in [0, 0.05) is 17.5 Å². The lowest BCUT2D eigenvalue weighted by atomic mass is 10.1. The summed E-state index contributed by atoms with van der Waals surface area (Å²) in [7, 11) is 3.17. The minimum atomic E-state index is 0.539.